The summed E-state index contributed by atoms with van der Waals surface area (Å²) in [6.45, 7) is 1.04. The van der Waals surface area contributed by atoms with Gasteiger partial charge >= 0.3 is 0 Å². The van der Waals surface area contributed by atoms with Gasteiger partial charge in [0.25, 0.3) is 0 Å². The quantitative estimate of drug-likeness (QED) is 0.870. The number of hydrogen-bond acceptors (Lipinski definition) is 6. The van der Waals surface area contributed by atoms with E-state index in [0.29, 0.717) is 0 Å². The first-order chi connectivity index (χ1) is 9.86. The predicted molar refractivity (Wildman–Crippen MR) is 78.7 cm³/mol. The number of aromatic nitrogens is 5. The summed E-state index contributed by atoms with van der Waals surface area (Å²) in [6.07, 6.45) is 8.32. The van der Waals surface area contributed by atoms with Crippen LogP contribution in [0.2, 0.25) is 0 Å². The van der Waals surface area contributed by atoms with Crippen molar-refractivity contribution in [3.05, 3.63) is 23.9 Å². The number of thioether (sulfide) groups is 1. The molecule has 7 heteroatoms. The fraction of sp³-hybridized carbons (Fsp3) is 0.538. The van der Waals surface area contributed by atoms with E-state index < -0.39 is 0 Å². The molecule has 20 heavy (non-hydrogen) atoms. The second-order valence-corrected chi connectivity index (χ2v) is 5.74. The monoisotopic (exact) mass is 290 g/mol. The summed E-state index contributed by atoms with van der Waals surface area (Å²) < 4.78 is 2.26. The zero-order chi connectivity index (χ0) is 13.8. The Morgan fingerprint density at radius 1 is 1.20 bits per heavy atom. The summed E-state index contributed by atoms with van der Waals surface area (Å²) in [5.41, 5.74) is 0.958. The molecule has 0 atom stereocenters. The Morgan fingerprint density at radius 3 is 2.95 bits per heavy atom. The summed E-state index contributed by atoms with van der Waals surface area (Å²) in [6, 6.07) is 0. The fourth-order valence-electron chi connectivity index (χ4n) is 2.26. The molecule has 0 fully saturated rings. The number of anilines is 1. The maximum atomic E-state index is 4.38. The van der Waals surface area contributed by atoms with Crippen LogP contribution in [-0.2, 0) is 18.7 Å². The summed E-state index contributed by atoms with van der Waals surface area (Å²) in [7, 11) is 1.84. The molecule has 0 saturated carbocycles. The van der Waals surface area contributed by atoms with Crippen molar-refractivity contribution in [3.8, 4) is 0 Å². The van der Waals surface area contributed by atoms with Gasteiger partial charge in [-0.1, -0.05) is 18.2 Å². The molecule has 1 aliphatic heterocycles. The Morgan fingerprint density at radius 2 is 2.15 bits per heavy atom. The average molecular weight is 290 g/mol. The van der Waals surface area contributed by atoms with Gasteiger partial charge in [0.05, 0.1) is 18.1 Å². The summed E-state index contributed by atoms with van der Waals surface area (Å²) in [4.78, 5) is 8.65. The highest BCUT2D eigenvalue weighted by Crippen LogP contribution is 2.24. The van der Waals surface area contributed by atoms with Gasteiger partial charge in [-0.3, -0.25) is 4.98 Å². The van der Waals surface area contributed by atoms with Crippen LogP contribution in [0.5, 0.6) is 0 Å². The zero-order valence-electron chi connectivity index (χ0n) is 11.5. The molecule has 1 aliphatic rings. The van der Waals surface area contributed by atoms with Crippen molar-refractivity contribution in [3.63, 3.8) is 0 Å². The van der Waals surface area contributed by atoms with Gasteiger partial charge in [-0.15, -0.1) is 10.2 Å². The topological polar surface area (TPSA) is 68.5 Å². The first-order valence-electron chi connectivity index (χ1n) is 6.90. The van der Waals surface area contributed by atoms with Crippen molar-refractivity contribution in [2.75, 3.05) is 12.4 Å². The summed E-state index contributed by atoms with van der Waals surface area (Å²) >= 11 is 1.68. The Kier molecular flexibility index (Phi) is 4.15. The number of nitrogens with zero attached hydrogens (tertiary/aromatic N) is 5. The van der Waals surface area contributed by atoms with Crippen LogP contribution in [0.4, 0.5) is 5.82 Å². The molecule has 1 N–H and O–H groups in total. The van der Waals surface area contributed by atoms with E-state index in [1.54, 1.807) is 24.2 Å². The molecule has 0 amide bonds. The highest BCUT2D eigenvalue weighted by molar-refractivity contribution is 7.98. The van der Waals surface area contributed by atoms with E-state index in [4.69, 9.17) is 0 Å². The Hall–Kier alpha value is -1.63. The Balaban J connectivity index is 1.67. The van der Waals surface area contributed by atoms with Gasteiger partial charge in [-0.25, -0.2) is 4.98 Å². The third kappa shape index (κ3) is 2.92. The van der Waals surface area contributed by atoms with Gasteiger partial charge in [-0.05, 0) is 12.8 Å². The molecule has 106 valence electrons. The van der Waals surface area contributed by atoms with Crippen LogP contribution in [0.1, 0.15) is 30.8 Å². The first kappa shape index (κ1) is 13.4. The Bertz CT molecular complexity index is 565. The molecule has 0 unspecified atom stereocenters. The van der Waals surface area contributed by atoms with Gasteiger partial charge in [0, 0.05) is 25.8 Å². The van der Waals surface area contributed by atoms with Gasteiger partial charge in [0.2, 0.25) is 0 Å². The van der Waals surface area contributed by atoms with Crippen LogP contribution < -0.4 is 5.32 Å². The van der Waals surface area contributed by atoms with Crippen LogP contribution >= 0.6 is 11.8 Å². The number of fused-ring (bicyclic) bond motifs is 1. The van der Waals surface area contributed by atoms with E-state index in [9.17, 15) is 0 Å². The van der Waals surface area contributed by atoms with Crippen molar-refractivity contribution < 1.29 is 0 Å². The molecule has 0 aromatic carbocycles. The van der Waals surface area contributed by atoms with Crippen LogP contribution in [0.25, 0.3) is 0 Å². The molecule has 0 bridgehead atoms. The largest absolute Gasteiger partial charge is 0.372 e. The number of hydrogen-bond donors (Lipinski definition) is 1. The highest BCUT2D eigenvalue weighted by atomic mass is 32.2. The molecular formula is C13H18N6S. The standard InChI is InChI=1S/C13H18N6S/c1-14-11-8-15-10(7-16-11)9-20-13-18-17-12-5-3-2-4-6-19(12)13/h7-8H,2-6,9H2,1H3,(H,14,16). The molecule has 0 radical (unpaired) electrons. The lowest BCUT2D eigenvalue weighted by Crippen LogP contribution is -2.02. The molecule has 0 spiro atoms. The average Bonchev–Trinajstić information content (AvgIpc) is 2.72. The van der Waals surface area contributed by atoms with Crippen molar-refractivity contribution >= 4 is 17.6 Å². The molecule has 0 saturated heterocycles. The lowest BCUT2D eigenvalue weighted by Gasteiger charge is -2.06. The van der Waals surface area contributed by atoms with Gasteiger partial charge in [-0.2, -0.15) is 0 Å². The van der Waals surface area contributed by atoms with E-state index in [-0.39, 0.29) is 0 Å². The number of aryl methyl sites for hydroxylation is 1. The predicted octanol–water partition coefficient (Wildman–Crippen LogP) is 2.13. The van der Waals surface area contributed by atoms with E-state index in [0.717, 1.165) is 41.2 Å². The van der Waals surface area contributed by atoms with Crippen LogP contribution in [0, 0.1) is 0 Å². The number of nitrogens with one attached hydrogen (secondary N) is 1. The minimum Gasteiger partial charge on any atom is -0.372 e. The molecule has 6 nitrogen and oxygen atoms in total. The van der Waals surface area contributed by atoms with E-state index in [1.807, 2.05) is 7.05 Å². The molecular weight excluding hydrogens is 272 g/mol. The lowest BCUT2D eigenvalue weighted by molar-refractivity contribution is 0.591. The van der Waals surface area contributed by atoms with Gasteiger partial charge in [0.1, 0.15) is 11.6 Å². The van der Waals surface area contributed by atoms with E-state index in [1.165, 1.54) is 19.3 Å². The smallest absolute Gasteiger partial charge is 0.191 e. The lowest BCUT2D eigenvalue weighted by atomic mass is 10.2. The normalized spacial score (nSPS) is 14.7. The molecule has 2 aromatic heterocycles. The SMILES string of the molecule is CNc1cnc(CSc2nnc3n2CCCCC3)cn1. The third-order valence-corrected chi connectivity index (χ3v) is 4.39. The highest BCUT2D eigenvalue weighted by Gasteiger charge is 2.15. The van der Waals surface area contributed by atoms with Crippen LogP contribution in [-0.4, -0.2) is 31.8 Å². The molecule has 0 aliphatic carbocycles. The maximum absolute atomic E-state index is 4.38. The minimum absolute atomic E-state index is 0.773. The second-order valence-electron chi connectivity index (χ2n) is 4.79. The van der Waals surface area contributed by atoms with Gasteiger partial charge < -0.3 is 9.88 Å². The van der Waals surface area contributed by atoms with Crippen molar-refractivity contribution in [2.45, 2.75) is 43.1 Å². The minimum atomic E-state index is 0.773. The Labute approximate surface area is 122 Å². The molecule has 2 aromatic rings. The number of rotatable bonds is 4. The van der Waals surface area contributed by atoms with E-state index in [2.05, 4.69) is 30.0 Å². The van der Waals surface area contributed by atoms with Crippen molar-refractivity contribution in [1.82, 2.24) is 24.7 Å². The summed E-state index contributed by atoms with van der Waals surface area (Å²) in [5, 5.41) is 12.6. The maximum Gasteiger partial charge on any atom is 0.191 e. The van der Waals surface area contributed by atoms with Gasteiger partial charge in [0.15, 0.2) is 5.16 Å². The van der Waals surface area contributed by atoms with Crippen LogP contribution in [0.15, 0.2) is 17.6 Å². The fourth-order valence-corrected chi connectivity index (χ4v) is 3.14. The third-order valence-electron chi connectivity index (χ3n) is 3.39. The molecule has 3 heterocycles. The summed E-state index contributed by atoms with van der Waals surface area (Å²) in [5.74, 6) is 2.69. The van der Waals surface area contributed by atoms with Crippen LogP contribution in [0.3, 0.4) is 0 Å². The second kappa shape index (κ2) is 6.21. The van der Waals surface area contributed by atoms with Crippen molar-refractivity contribution in [1.29, 1.82) is 0 Å². The first-order valence-corrected chi connectivity index (χ1v) is 7.89. The molecule has 3 rings (SSSR count). The van der Waals surface area contributed by atoms with E-state index >= 15 is 0 Å². The van der Waals surface area contributed by atoms with Crippen molar-refractivity contribution in [2.24, 2.45) is 0 Å². The zero-order valence-corrected chi connectivity index (χ0v) is 12.4.